The lowest BCUT2D eigenvalue weighted by molar-refractivity contribution is -0.114. The molecule has 0 saturated heterocycles. The lowest BCUT2D eigenvalue weighted by Gasteiger charge is -1.97. The Bertz CT molecular complexity index is 647. The van der Waals surface area contributed by atoms with Gasteiger partial charge in [-0.15, -0.1) is 0 Å². The van der Waals surface area contributed by atoms with Crippen LogP contribution in [0.15, 0.2) is 41.4 Å². The van der Waals surface area contributed by atoms with E-state index in [0.29, 0.717) is 16.2 Å². The Balaban J connectivity index is 0.000000163. The van der Waals surface area contributed by atoms with Crippen molar-refractivity contribution in [3.05, 3.63) is 46.2 Å². The number of aromatic amines is 1. The van der Waals surface area contributed by atoms with Gasteiger partial charge in [0.25, 0.3) is 0 Å². The molecule has 0 aliphatic heterocycles. The summed E-state index contributed by atoms with van der Waals surface area (Å²) >= 11 is 10.4. The van der Waals surface area contributed by atoms with Crippen molar-refractivity contribution in [2.45, 2.75) is 12.8 Å². The lowest BCUT2D eigenvalue weighted by atomic mass is 10.3. The Kier molecular flexibility index (Phi) is 4.59. The van der Waals surface area contributed by atoms with Crippen LogP contribution in [0.2, 0.25) is 0 Å². The molecule has 0 atom stereocenters. The van der Waals surface area contributed by atoms with Gasteiger partial charge < -0.3 is 0 Å². The minimum atomic E-state index is 0.157. The molecular weight excluding hydrogens is 284 g/mol. The molecule has 1 aliphatic carbocycles. The molecule has 0 bridgehead atoms. The Morgan fingerprint density at radius 3 is 2.42 bits per heavy atom. The van der Waals surface area contributed by atoms with Gasteiger partial charge in [0.05, 0.1) is 5.69 Å². The van der Waals surface area contributed by atoms with E-state index in [2.05, 4.69) is 15.5 Å². The van der Waals surface area contributed by atoms with Crippen LogP contribution in [-0.2, 0) is 4.79 Å². The number of carbonyl (C=O) groups excluding carboxylic acids is 1. The molecular formula is C12H11ClN4OS. The molecule has 1 aromatic carbocycles. The molecule has 3 rings (SSSR count). The van der Waals surface area contributed by atoms with Crippen molar-refractivity contribution < 1.29 is 4.79 Å². The number of hydrogen-bond acceptors (Lipinski definition) is 4. The van der Waals surface area contributed by atoms with Crippen molar-refractivity contribution in [3.63, 3.8) is 0 Å². The third kappa shape index (κ3) is 3.84. The number of aromatic nitrogens is 4. The lowest BCUT2D eigenvalue weighted by Crippen LogP contribution is -1.95. The van der Waals surface area contributed by atoms with Gasteiger partial charge in [-0.2, -0.15) is 5.21 Å². The molecule has 1 heterocycles. The molecule has 5 nitrogen and oxygen atoms in total. The van der Waals surface area contributed by atoms with Crippen molar-refractivity contribution >= 4 is 29.6 Å². The van der Waals surface area contributed by atoms with Gasteiger partial charge in [0, 0.05) is 11.5 Å². The number of tetrazole rings is 1. The SMILES string of the molecule is O=C1C=C(Cl)CC1.S=c1nn[nH]n1-c1ccccc1. The number of benzene rings is 1. The highest BCUT2D eigenvalue weighted by molar-refractivity contribution is 7.71. The molecule has 0 radical (unpaired) electrons. The number of hydrogen-bond donors (Lipinski definition) is 1. The number of nitrogens with one attached hydrogen (secondary N) is 1. The van der Waals surface area contributed by atoms with E-state index in [1.165, 1.54) is 6.08 Å². The Morgan fingerprint density at radius 1 is 1.26 bits per heavy atom. The molecule has 7 heteroatoms. The third-order valence-electron chi connectivity index (χ3n) is 2.41. The van der Waals surface area contributed by atoms with E-state index >= 15 is 0 Å². The number of nitrogens with zero attached hydrogens (tertiary/aromatic N) is 3. The Labute approximate surface area is 119 Å². The van der Waals surface area contributed by atoms with Crippen LogP contribution in [0, 0.1) is 4.77 Å². The summed E-state index contributed by atoms with van der Waals surface area (Å²) in [5.74, 6) is 0.157. The average Bonchev–Trinajstić information content (AvgIpc) is 3.00. The Hall–Kier alpha value is -1.79. The van der Waals surface area contributed by atoms with Gasteiger partial charge in [0.2, 0.25) is 4.77 Å². The summed E-state index contributed by atoms with van der Waals surface area (Å²) in [6, 6.07) is 9.65. The molecule has 0 unspecified atom stereocenters. The number of halogens is 1. The standard InChI is InChI=1S/C7H6N4S.C5H5ClO/c12-7-8-9-10-11(7)6-4-2-1-3-5-6;6-4-1-2-5(7)3-4/h1-5H,(H,8,10,12);3H,1-2H2. The van der Waals surface area contributed by atoms with E-state index in [0.717, 1.165) is 12.1 Å². The van der Waals surface area contributed by atoms with Crippen molar-refractivity contribution in [1.82, 2.24) is 20.2 Å². The first kappa shape index (κ1) is 13.6. The maximum absolute atomic E-state index is 10.3. The monoisotopic (exact) mass is 294 g/mol. The minimum absolute atomic E-state index is 0.157. The van der Waals surface area contributed by atoms with Crippen molar-refractivity contribution in [2.24, 2.45) is 0 Å². The van der Waals surface area contributed by atoms with Crippen LogP contribution in [0.4, 0.5) is 0 Å². The van der Waals surface area contributed by atoms with E-state index < -0.39 is 0 Å². The van der Waals surface area contributed by atoms with Gasteiger partial charge in [-0.25, -0.2) is 4.68 Å². The number of rotatable bonds is 1. The molecule has 98 valence electrons. The van der Waals surface area contributed by atoms with Crippen LogP contribution >= 0.6 is 23.8 Å². The van der Waals surface area contributed by atoms with Crippen LogP contribution in [-0.4, -0.2) is 26.0 Å². The van der Waals surface area contributed by atoms with Gasteiger partial charge in [0.15, 0.2) is 5.78 Å². The number of para-hydroxylation sites is 1. The molecule has 1 N–H and O–H groups in total. The highest BCUT2D eigenvalue weighted by atomic mass is 35.5. The van der Waals surface area contributed by atoms with Gasteiger partial charge >= 0.3 is 0 Å². The summed E-state index contributed by atoms with van der Waals surface area (Å²) < 4.78 is 2.07. The summed E-state index contributed by atoms with van der Waals surface area (Å²) in [5.41, 5.74) is 0.938. The van der Waals surface area contributed by atoms with Crippen molar-refractivity contribution in [3.8, 4) is 5.69 Å². The van der Waals surface area contributed by atoms with Crippen LogP contribution in [0.3, 0.4) is 0 Å². The van der Waals surface area contributed by atoms with Gasteiger partial charge in [-0.3, -0.25) is 4.79 Å². The summed E-state index contributed by atoms with van der Waals surface area (Å²) in [5, 5.41) is 10.6. The molecule has 0 amide bonds. The number of H-pyrrole nitrogens is 1. The molecule has 1 aliphatic rings. The van der Waals surface area contributed by atoms with Gasteiger partial charge in [-0.1, -0.05) is 40.1 Å². The largest absolute Gasteiger partial charge is 0.295 e. The summed E-state index contributed by atoms with van der Waals surface area (Å²) in [7, 11) is 0. The molecule has 0 spiro atoms. The first-order valence-corrected chi connectivity index (χ1v) is 6.40. The first-order chi connectivity index (χ1) is 9.16. The predicted octanol–water partition coefficient (Wildman–Crippen LogP) is 2.80. The Morgan fingerprint density at radius 2 is 2.00 bits per heavy atom. The number of allylic oxidation sites excluding steroid dienone is 2. The predicted molar refractivity (Wildman–Crippen MR) is 74.7 cm³/mol. The van der Waals surface area contributed by atoms with Crippen molar-refractivity contribution in [1.29, 1.82) is 0 Å². The maximum atomic E-state index is 10.3. The van der Waals surface area contributed by atoms with E-state index in [1.807, 2.05) is 30.3 Å². The topological polar surface area (TPSA) is 63.6 Å². The number of carbonyl (C=O) groups is 1. The molecule has 0 fully saturated rings. The molecule has 19 heavy (non-hydrogen) atoms. The highest BCUT2D eigenvalue weighted by Crippen LogP contribution is 2.17. The zero-order valence-corrected chi connectivity index (χ0v) is 11.5. The zero-order chi connectivity index (χ0) is 13.7. The molecule has 1 aromatic heterocycles. The quantitative estimate of drug-likeness (QED) is 0.822. The third-order valence-corrected chi connectivity index (χ3v) is 2.98. The van der Waals surface area contributed by atoms with E-state index in [1.54, 1.807) is 4.68 Å². The van der Waals surface area contributed by atoms with Crippen LogP contribution in [0.1, 0.15) is 12.8 Å². The fourth-order valence-electron chi connectivity index (χ4n) is 1.50. The average molecular weight is 295 g/mol. The van der Waals surface area contributed by atoms with Gasteiger partial charge in [0.1, 0.15) is 0 Å². The summed E-state index contributed by atoms with van der Waals surface area (Å²) in [4.78, 5) is 10.3. The second-order valence-corrected chi connectivity index (χ2v) is 4.66. The first-order valence-electron chi connectivity index (χ1n) is 5.61. The smallest absolute Gasteiger partial charge is 0.242 e. The fraction of sp³-hybridized carbons (Fsp3) is 0.167. The van der Waals surface area contributed by atoms with E-state index in [9.17, 15) is 4.79 Å². The number of ketones is 1. The highest BCUT2D eigenvalue weighted by Gasteiger charge is 2.07. The van der Waals surface area contributed by atoms with Crippen LogP contribution in [0.5, 0.6) is 0 Å². The van der Waals surface area contributed by atoms with Gasteiger partial charge in [-0.05, 0) is 36.8 Å². The summed E-state index contributed by atoms with van der Waals surface area (Å²) in [6.07, 6.45) is 2.85. The second kappa shape index (κ2) is 6.40. The molecule has 2 aromatic rings. The normalized spacial score (nSPS) is 13.7. The minimum Gasteiger partial charge on any atom is -0.295 e. The zero-order valence-electron chi connectivity index (χ0n) is 9.91. The second-order valence-electron chi connectivity index (χ2n) is 3.81. The summed E-state index contributed by atoms with van der Waals surface area (Å²) in [6.45, 7) is 0. The van der Waals surface area contributed by atoms with Crippen LogP contribution in [0.25, 0.3) is 5.69 Å². The van der Waals surface area contributed by atoms with Crippen LogP contribution < -0.4 is 0 Å². The maximum Gasteiger partial charge on any atom is 0.242 e. The van der Waals surface area contributed by atoms with E-state index in [-0.39, 0.29) is 5.78 Å². The molecule has 0 saturated carbocycles. The fourth-order valence-corrected chi connectivity index (χ4v) is 1.91. The van der Waals surface area contributed by atoms with E-state index in [4.69, 9.17) is 23.8 Å². The van der Waals surface area contributed by atoms with Crippen molar-refractivity contribution in [2.75, 3.05) is 0 Å².